The number of benzene rings is 1. The van der Waals surface area contributed by atoms with Crippen LogP contribution in [0.2, 0.25) is 0 Å². The van der Waals surface area contributed by atoms with E-state index >= 15 is 0 Å². The largest absolute Gasteiger partial charge is 0.366 e. The highest BCUT2D eigenvalue weighted by atomic mass is 16.1. The Balaban J connectivity index is 0.000000423. The maximum absolute atomic E-state index is 10.6. The minimum Gasteiger partial charge on any atom is -0.366 e. The molecule has 0 aliphatic carbocycles. The lowest BCUT2D eigenvalue weighted by Gasteiger charge is -1.94. The summed E-state index contributed by atoms with van der Waals surface area (Å²) in [5, 5.41) is 0. The first-order valence-corrected chi connectivity index (χ1v) is 4.60. The van der Waals surface area contributed by atoms with Crippen LogP contribution in [0.15, 0.2) is 30.8 Å². The zero-order chi connectivity index (χ0) is 11.8. The first-order valence-electron chi connectivity index (χ1n) is 4.60. The van der Waals surface area contributed by atoms with Crippen LogP contribution in [0.5, 0.6) is 0 Å². The summed E-state index contributed by atoms with van der Waals surface area (Å²) in [6, 6.07) is 6.96. The fourth-order valence-electron chi connectivity index (χ4n) is 0.783. The predicted octanol–water partition coefficient (Wildman–Crippen LogP) is 1.61. The Hall–Kier alpha value is -1.61. The second-order valence-corrected chi connectivity index (χ2v) is 3.53. The molecular formula is C12H18N2O. The molecule has 0 aliphatic rings. The molecule has 1 aromatic rings. The molecule has 0 spiro atoms. The van der Waals surface area contributed by atoms with Gasteiger partial charge in [0.25, 0.3) is 0 Å². The summed E-state index contributed by atoms with van der Waals surface area (Å²) in [6.07, 6.45) is 1.71. The van der Waals surface area contributed by atoms with Crippen molar-refractivity contribution in [3.63, 3.8) is 0 Å². The summed E-state index contributed by atoms with van der Waals surface area (Å²) >= 11 is 0. The van der Waals surface area contributed by atoms with Gasteiger partial charge >= 0.3 is 0 Å². The summed E-state index contributed by atoms with van der Waals surface area (Å²) in [4.78, 5) is 12.6. The number of carbonyl (C=O) groups is 1. The molecule has 0 aliphatic heterocycles. The molecule has 0 aromatic heterocycles. The standard InChI is InChI=1S/C9H9NO.C3H9N/c1-2-7-3-5-8(6-4-7)9(10)11;1-4(2)3/h2-6H,1H2,(H2,10,11);1-3H3. The molecule has 0 unspecified atom stereocenters. The number of hydrogen-bond acceptors (Lipinski definition) is 2. The summed E-state index contributed by atoms with van der Waals surface area (Å²) < 4.78 is 0. The molecule has 1 rings (SSSR count). The van der Waals surface area contributed by atoms with Crippen LogP contribution in [-0.4, -0.2) is 32.0 Å². The number of amides is 1. The third-order valence-electron chi connectivity index (χ3n) is 1.43. The topological polar surface area (TPSA) is 46.3 Å². The lowest BCUT2D eigenvalue weighted by molar-refractivity contribution is 0.100. The van der Waals surface area contributed by atoms with Crippen LogP contribution in [0.4, 0.5) is 0 Å². The van der Waals surface area contributed by atoms with Crippen molar-refractivity contribution in [2.45, 2.75) is 0 Å². The van der Waals surface area contributed by atoms with Crippen LogP contribution in [-0.2, 0) is 0 Å². The van der Waals surface area contributed by atoms with Gasteiger partial charge in [0.1, 0.15) is 0 Å². The van der Waals surface area contributed by atoms with Gasteiger partial charge in [0.05, 0.1) is 0 Å². The molecule has 0 saturated carbocycles. The number of rotatable bonds is 2. The van der Waals surface area contributed by atoms with E-state index in [2.05, 4.69) is 6.58 Å². The quantitative estimate of drug-likeness (QED) is 0.799. The van der Waals surface area contributed by atoms with Gasteiger partial charge in [-0.2, -0.15) is 0 Å². The van der Waals surface area contributed by atoms with Crippen molar-refractivity contribution in [1.82, 2.24) is 4.90 Å². The molecule has 3 heteroatoms. The molecule has 0 radical (unpaired) electrons. The normalized spacial score (nSPS) is 9.07. The maximum atomic E-state index is 10.6. The van der Waals surface area contributed by atoms with Crippen LogP contribution >= 0.6 is 0 Å². The fraction of sp³-hybridized carbons (Fsp3) is 0.250. The van der Waals surface area contributed by atoms with Gasteiger partial charge in [-0.15, -0.1) is 0 Å². The zero-order valence-electron chi connectivity index (χ0n) is 9.53. The molecule has 0 bridgehead atoms. The minimum atomic E-state index is -0.402. The second-order valence-electron chi connectivity index (χ2n) is 3.53. The number of primary amides is 1. The van der Waals surface area contributed by atoms with E-state index in [0.29, 0.717) is 5.56 Å². The van der Waals surface area contributed by atoms with Crippen LogP contribution in [0.25, 0.3) is 6.08 Å². The first kappa shape index (κ1) is 13.4. The number of nitrogens with zero attached hydrogens (tertiary/aromatic N) is 1. The molecule has 2 N–H and O–H groups in total. The van der Waals surface area contributed by atoms with Crippen molar-refractivity contribution in [2.24, 2.45) is 5.73 Å². The smallest absolute Gasteiger partial charge is 0.248 e. The van der Waals surface area contributed by atoms with Gasteiger partial charge in [-0.25, -0.2) is 0 Å². The van der Waals surface area contributed by atoms with Crippen LogP contribution in [0.3, 0.4) is 0 Å². The van der Waals surface area contributed by atoms with E-state index in [0.717, 1.165) is 5.56 Å². The SMILES string of the molecule is C=Cc1ccc(C(N)=O)cc1.CN(C)C. The molecule has 15 heavy (non-hydrogen) atoms. The third-order valence-corrected chi connectivity index (χ3v) is 1.43. The molecule has 82 valence electrons. The molecular weight excluding hydrogens is 188 g/mol. The van der Waals surface area contributed by atoms with E-state index in [4.69, 9.17) is 5.73 Å². The predicted molar refractivity (Wildman–Crippen MR) is 64.7 cm³/mol. The van der Waals surface area contributed by atoms with E-state index in [9.17, 15) is 4.79 Å². The second kappa shape index (κ2) is 6.79. The van der Waals surface area contributed by atoms with Gasteiger partial charge in [-0.05, 0) is 38.8 Å². The van der Waals surface area contributed by atoms with Gasteiger partial charge in [0, 0.05) is 5.56 Å². The number of hydrogen-bond donors (Lipinski definition) is 1. The highest BCUT2D eigenvalue weighted by Crippen LogP contribution is 2.03. The van der Waals surface area contributed by atoms with Gasteiger partial charge in [0.2, 0.25) is 5.91 Å². The Kier molecular flexibility index (Phi) is 6.06. The van der Waals surface area contributed by atoms with E-state index in [1.807, 2.05) is 26.0 Å². The van der Waals surface area contributed by atoms with Gasteiger partial charge < -0.3 is 10.6 Å². The Morgan fingerprint density at radius 3 is 1.93 bits per heavy atom. The van der Waals surface area contributed by atoms with E-state index in [1.165, 1.54) is 0 Å². The summed E-state index contributed by atoms with van der Waals surface area (Å²) in [5.41, 5.74) is 6.55. The van der Waals surface area contributed by atoms with Crippen molar-refractivity contribution >= 4 is 12.0 Å². The van der Waals surface area contributed by atoms with Gasteiger partial charge in [-0.3, -0.25) is 4.79 Å². The summed E-state index contributed by atoms with van der Waals surface area (Å²) in [6.45, 7) is 3.59. The zero-order valence-corrected chi connectivity index (χ0v) is 9.53. The minimum absolute atomic E-state index is 0.402. The van der Waals surface area contributed by atoms with Crippen LogP contribution in [0, 0.1) is 0 Å². The van der Waals surface area contributed by atoms with Gasteiger partial charge in [-0.1, -0.05) is 24.8 Å². The molecule has 0 saturated heterocycles. The third kappa shape index (κ3) is 6.46. The Morgan fingerprint density at radius 2 is 1.67 bits per heavy atom. The fourth-order valence-corrected chi connectivity index (χ4v) is 0.783. The number of carbonyl (C=O) groups excluding carboxylic acids is 1. The molecule has 1 aromatic carbocycles. The summed E-state index contributed by atoms with van der Waals surface area (Å²) in [7, 11) is 6.00. The maximum Gasteiger partial charge on any atom is 0.248 e. The Bertz CT molecular complexity index is 312. The average molecular weight is 206 g/mol. The molecule has 3 nitrogen and oxygen atoms in total. The molecule has 0 heterocycles. The van der Waals surface area contributed by atoms with Crippen LogP contribution < -0.4 is 5.73 Å². The van der Waals surface area contributed by atoms with Crippen molar-refractivity contribution in [2.75, 3.05) is 21.1 Å². The Morgan fingerprint density at radius 1 is 1.27 bits per heavy atom. The van der Waals surface area contributed by atoms with E-state index < -0.39 is 5.91 Å². The van der Waals surface area contributed by atoms with Crippen molar-refractivity contribution in [1.29, 1.82) is 0 Å². The summed E-state index contributed by atoms with van der Waals surface area (Å²) in [5.74, 6) is -0.402. The first-order chi connectivity index (χ1) is 6.97. The van der Waals surface area contributed by atoms with Crippen LogP contribution in [0.1, 0.15) is 15.9 Å². The monoisotopic (exact) mass is 206 g/mol. The number of nitrogens with two attached hydrogens (primary N) is 1. The van der Waals surface area contributed by atoms with E-state index in [-0.39, 0.29) is 0 Å². The molecule has 0 atom stereocenters. The van der Waals surface area contributed by atoms with E-state index in [1.54, 1.807) is 30.3 Å². The molecule has 0 fully saturated rings. The average Bonchev–Trinajstić information content (AvgIpc) is 2.17. The highest BCUT2D eigenvalue weighted by molar-refractivity contribution is 5.92. The van der Waals surface area contributed by atoms with Crippen molar-refractivity contribution in [3.8, 4) is 0 Å². The Labute approximate surface area is 91.2 Å². The van der Waals surface area contributed by atoms with Gasteiger partial charge in [0.15, 0.2) is 0 Å². The lowest BCUT2D eigenvalue weighted by Crippen LogP contribution is -2.10. The lowest BCUT2D eigenvalue weighted by atomic mass is 10.1. The highest BCUT2D eigenvalue weighted by Gasteiger charge is 1.96. The molecule has 1 amide bonds. The van der Waals surface area contributed by atoms with Crippen molar-refractivity contribution in [3.05, 3.63) is 42.0 Å². The van der Waals surface area contributed by atoms with Crippen molar-refractivity contribution < 1.29 is 4.79 Å².